The Labute approximate surface area is 160 Å². The van der Waals surface area contributed by atoms with Crippen molar-refractivity contribution >= 4 is 23.1 Å². The normalized spacial score (nSPS) is 10.8. The molecule has 0 atom stereocenters. The van der Waals surface area contributed by atoms with E-state index in [4.69, 9.17) is 10.8 Å². The Hall–Kier alpha value is -4.00. The van der Waals surface area contributed by atoms with E-state index in [2.05, 4.69) is 10.3 Å². The van der Waals surface area contributed by atoms with Crippen molar-refractivity contribution in [1.29, 1.82) is 0 Å². The van der Waals surface area contributed by atoms with Crippen molar-refractivity contribution in [2.75, 3.05) is 5.32 Å². The van der Waals surface area contributed by atoms with Crippen LogP contribution in [0.15, 0.2) is 66.9 Å². The van der Waals surface area contributed by atoms with Gasteiger partial charge in [-0.3, -0.25) is 9.59 Å². The Morgan fingerprint density at radius 3 is 2.50 bits per heavy atom. The lowest BCUT2D eigenvalue weighted by atomic mass is 10.1. The minimum absolute atomic E-state index is 0.130. The number of nitrogens with zero attached hydrogens (tertiary/aromatic N) is 3. The molecular weight excluding hydrogens is 354 g/mol. The van der Waals surface area contributed by atoms with E-state index in [0.717, 1.165) is 22.5 Å². The van der Waals surface area contributed by atoms with Crippen LogP contribution in [0.1, 0.15) is 17.3 Å². The topological polar surface area (TPSA) is 102 Å². The average Bonchev–Trinajstić information content (AvgIpc) is 3.11. The van der Waals surface area contributed by atoms with Gasteiger partial charge in [-0.2, -0.15) is 5.10 Å². The molecule has 3 N–H and O–H groups in total. The molecule has 0 aliphatic carbocycles. The summed E-state index contributed by atoms with van der Waals surface area (Å²) in [7, 11) is 0. The summed E-state index contributed by atoms with van der Waals surface area (Å²) in [6, 6.07) is 18.2. The second kappa shape index (κ2) is 6.96. The van der Waals surface area contributed by atoms with Gasteiger partial charge < -0.3 is 11.1 Å². The van der Waals surface area contributed by atoms with Crippen molar-refractivity contribution in [3.05, 3.63) is 72.4 Å². The van der Waals surface area contributed by atoms with Crippen LogP contribution in [0.4, 0.5) is 5.69 Å². The molecule has 0 unspecified atom stereocenters. The van der Waals surface area contributed by atoms with Crippen LogP contribution in [0.2, 0.25) is 0 Å². The SMILES string of the molecule is CC(=O)Nc1cccc(-c2cnc3ccc(-c4ccc(C(N)=O)cc4)nn23)c1. The van der Waals surface area contributed by atoms with Gasteiger partial charge in [0.05, 0.1) is 17.6 Å². The van der Waals surface area contributed by atoms with Crippen molar-refractivity contribution in [3.8, 4) is 22.5 Å². The number of hydrogen-bond acceptors (Lipinski definition) is 4. The fourth-order valence-corrected chi connectivity index (χ4v) is 2.99. The van der Waals surface area contributed by atoms with E-state index in [1.165, 1.54) is 6.92 Å². The molecule has 2 aromatic heterocycles. The minimum atomic E-state index is -0.467. The number of amides is 2. The number of aromatic nitrogens is 3. The number of nitrogens with one attached hydrogen (secondary N) is 1. The molecule has 0 radical (unpaired) electrons. The van der Waals surface area contributed by atoms with Gasteiger partial charge in [-0.05, 0) is 36.4 Å². The average molecular weight is 371 g/mol. The molecule has 0 saturated carbocycles. The van der Waals surface area contributed by atoms with Crippen LogP contribution in [0.5, 0.6) is 0 Å². The van der Waals surface area contributed by atoms with E-state index in [0.29, 0.717) is 16.9 Å². The molecule has 28 heavy (non-hydrogen) atoms. The highest BCUT2D eigenvalue weighted by Crippen LogP contribution is 2.25. The van der Waals surface area contributed by atoms with E-state index in [1.807, 2.05) is 48.5 Å². The number of hydrogen-bond donors (Lipinski definition) is 2. The second-order valence-corrected chi connectivity index (χ2v) is 6.34. The van der Waals surface area contributed by atoms with Gasteiger partial charge in [0, 0.05) is 29.3 Å². The molecule has 0 saturated heterocycles. The first-order valence-corrected chi connectivity index (χ1v) is 8.64. The first-order chi connectivity index (χ1) is 13.5. The summed E-state index contributed by atoms with van der Waals surface area (Å²) in [4.78, 5) is 27.0. The number of rotatable bonds is 4. The third kappa shape index (κ3) is 3.33. The molecule has 0 aliphatic rings. The molecule has 0 aliphatic heterocycles. The minimum Gasteiger partial charge on any atom is -0.366 e. The standard InChI is InChI=1S/C21H17N5O2/c1-13(27)24-17-4-2-3-16(11-17)19-12-23-20-10-9-18(25-26(19)20)14-5-7-15(8-6-14)21(22)28/h2-12H,1H3,(H2,22,28)(H,24,27). The highest BCUT2D eigenvalue weighted by atomic mass is 16.1. The lowest BCUT2D eigenvalue weighted by Crippen LogP contribution is -2.10. The lowest BCUT2D eigenvalue weighted by Gasteiger charge is -2.07. The predicted octanol–water partition coefficient (Wildman–Crippen LogP) is 3.12. The van der Waals surface area contributed by atoms with Crippen molar-refractivity contribution in [3.63, 3.8) is 0 Å². The number of carbonyl (C=O) groups excluding carboxylic acids is 2. The molecule has 2 amide bonds. The van der Waals surface area contributed by atoms with Gasteiger partial charge in [0.1, 0.15) is 0 Å². The molecule has 2 heterocycles. The first kappa shape index (κ1) is 17.4. The summed E-state index contributed by atoms with van der Waals surface area (Å²) in [5.74, 6) is -0.596. The maximum absolute atomic E-state index is 11.3. The van der Waals surface area contributed by atoms with Crippen molar-refractivity contribution < 1.29 is 9.59 Å². The summed E-state index contributed by atoms with van der Waals surface area (Å²) in [6.45, 7) is 1.47. The third-order valence-electron chi connectivity index (χ3n) is 4.31. The Bertz CT molecular complexity index is 1200. The second-order valence-electron chi connectivity index (χ2n) is 6.34. The largest absolute Gasteiger partial charge is 0.366 e. The van der Waals surface area contributed by atoms with Crippen molar-refractivity contribution in [1.82, 2.24) is 14.6 Å². The maximum Gasteiger partial charge on any atom is 0.248 e. The molecule has 4 aromatic rings. The summed E-state index contributed by atoms with van der Waals surface area (Å²) in [6.07, 6.45) is 1.75. The van der Waals surface area contributed by atoms with Crippen LogP contribution in [-0.2, 0) is 4.79 Å². The molecule has 0 fully saturated rings. The number of primary amides is 1. The quantitative estimate of drug-likeness (QED) is 0.575. The zero-order valence-electron chi connectivity index (χ0n) is 15.1. The molecular formula is C21H17N5O2. The zero-order valence-corrected chi connectivity index (χ0v) is 15.1. The van der Waals surface area contributed by atoms with E-state index in [-0.39, 0.29) is 5.91 Å². The van der Waals surface area contributed by atoms with Gasteiger partial charge in [-0.1, -0.05) is 24.3 Å². The van der Waals surface area contributed by atoms with E-state index in [1.54, 1.807) is 22.8 Å². The molecule has 0 spiro atoms. The monoisotopic (exact) mass is 371 g/mol. The Balaban J connectivity index is 1.76. The van der Waals surface area contributed by atoms with Gasteiger partial charge in [0.25, 0.3) is 0 Å². The number of carbonyl (C=O) groups is 2. The highest BCUT2D eigenvalue weighted by Gasteiger charge is 2.10. The van der Waals surface area contributed by atoms with Gasteiger partial charge in [0.2, 0.25) is 11.8 Å². The Kier molecular flexibility index (Phi) is 4.33. The number of anilines is 1. The number of imidazole rings is 1. The van der Waals surface area contributed by atoms with Crippen molar-refractivity contribution in [2.24, 2.45) is 5.73 Å². The maximum atomic E-state index is 11.3. The molecule has 4 rings (SSSR count). The summed E-state index contributed by atoms with van der Waals surface area (Å²) in [5.41, 5.74) is 10.4. The van der Waals surface area contributed by atoms with E-state index in [9.17, 15) is 9.59 Å². The van der Waals surface area contributed by atoms with Gasteiger partial charge in [-0.25, -0.2) is 9.50 Å². The lowest BCUT2D eigenvalue weighted by molar-refractivity contribution is -0.114. The Morgan fingerprint density at radius 1 is 1.00 bits per heavy atom. The molecule has 7 nitrogen and oxygen atoms in total. The molecule has 2 aromatic carbocycles. The zero-order chi connectivity index (χ0) is 19.7. The van der Waals surface area contributed by atoms with Crippen LogP contribution < -0.4 is 11.1 Å². The van der Waals surface area contributed by atoms with Gasteiger partial charge >= 0.3 is 0 Å². The molecule has 7 heteroatoms. The predicted molar refractivity (Wildman–Crippen MR) is 107 cm³/mol. The smallest absolute Gasteiger partial charge is 0.248 e. The highest BCUT2D eigenvalue weighted by molar-refractivity contribution is 5.93. The summed E-state index contributed by atoms with van der Waals surface area (Å²) in [5, 5.41) is 7.48. The summed E-state index contributed by atoms with van der Waals surface area (Å²) < 4.78 is 1.75. The number of nitrogens with two attached hydrogens (primary N) is 1. The van der Waals surface area contributed by atoms with Crippen LogP contribution in [0.3, 0.4) is 0 Å². The molecule has 0 bridgehead atoms. The fourth-order valence-electron chi connectivity index (χ4n) is 2.99. The van der Waals surface area contributed by atoms with Crippen LogP contribution in [0.25, 0.3) is 28.2 Å². The van der Waals surface area contributed by atoms with E-state index < -0.39 is 5.91 Å². The van der Waals surface area contributed by atoms with E-state index >= 15 is 0 Å². The number of benzene rings is 2. The van der Waals surface area contributed by atoms with Gasteiger partial charge in [0.15, 0.2) is 5.65 Å². The first-order valence-electron chi connectivity index (χ1n) is 8.64. The van der Waals surface area contributed by atoms with Crippen LogP contribution in [0, 0.1) is 0 Å². The Morgan fingerprint density at radius 2 is 1.79 bits per heavy atom. The fraction of sp³-hybridized carbons (Fsp3) is 0.0476. The number of fused-ring (bicyclic) bond motifs is 1. The van der Waals surface area contributed by atoms with Gasteiger partial charge in [-0.15, -0.1) is 0 Å². The van der Waals surface area contributed by atoms with Crippen LogP contribution >= 0.6 is 0 Å². The van der Waals surface area contributed by atoms with Crippen LogP contribution in [-0.4, -0.2) is 26.4 Å². The molecule has 138 valence electrons. The third-order valence-corrected chi connectivity index (χ3v) is 4.31. The summed E-state index contributed by atoms with van der Waals surface area (Å²) >= 11 is 0. The van der Waals surface area contributed by atoms with Crippen molar-refractivity contribution in [2.45, 2.75) is 6.92 Å².